The molecule has 0 spiro atoms. The molecule has 0 bridgehead atoms. The van der Waals surface area contributed by atoms with Gasteiger partial charge in [-0.15, -0.1) is 0 Å². The molecule has 62 valence electrons. The summed E-state index contributed by atoms with van der Waals surface area (Å²) in [6, 6.07) is 5.53. The van der Waals surface area contributed by atoms with E-state index in [2.05, 4.69) is 0 Å². The number of hydrogen-bond donors (Lipinski definition) is 2. The summed E-state index contributed by atoms with van der Waals surface area (Å²) in [5, 5.41) is 18.3. The van der Waals surface area contributed by atoms with Crippen LogP contribution in [0.3, 0.4) is 0 Å². The first-order chi connectivity index (χ1) is 5.83. The minimum atomic E-state index is -0.858. The van der Waals surface area contributed by atoms with Gasteiger partial charge in [-0.05, 0) is 16.6 Å². The zero-order chi connectivity index (χ0) is 8.55. The minimum Gasteiger partial charge on any atom is -0.423 e. The largest absolute Gasteiger partial charge is 0.492 e. The lowest BCUT2D eigenvalue weighted by molar-refractivity contribution is 0.273. The zero-order valence-corrected chi connectivity index (χ0v) is 6.53. The van der Waals surface area contributed by atoms with Gasteiger partial charge in [0, 0.05) is 0 Å². The van der Waals surface area contributed by atoms with Crippen molar-refractivity contribution in [1.82, 2.24) is 0 Å². The molecule has 0 aromatic heterocycles. The fraction of sp³-hybridized carbons (Fsp3) is 0.250. The topological polar surface area (TPSA) is 49.7 Å². The lowest BCUT2D eigenvalue weighted by Crippen LogP contribution is -2.31. The third-order valence-corrected chi connectivity index (χ3v) is 2.10. The van der Waals surface area contributed by atoms with Crippen LogP contribution in [0, 0.1) is 0 Å². The van der Waals surface area contributed by atoms with Crippen molar-refractivity contribution >= 4 is 12.6 Å². The Morgan fingerprint density at radius 3 is 3.08 bits per heavy atom. The Bertz CT molecular complexity index is 300. The Morgan fingerprint density at radius 2 is 2.33 bits per heavy atom. The van der Waals surface area contributed by atoms with Gasteiger partial charge in [0.25, 0.3) is 0 Å². The van der Waals surface area contributed by atoms with Crippen LogP contribution in [0.1, 0.15) is 11.1 Å². The zero-order valence-electron chi connectivity index (χ0n) is 6.53. The van der Waals surface area contributed by atoms with Crippen molar-refractivity contribution in [3.8, 4) is 0 Å². The molecule has 4 heteroatoms. The highest BCUT2D eigenvalue weighted by Crippen LogP contribution is 2.12. The molecule has 0 atom stereocenters. The van der Waals surface area contributed by atoms with E-state index in [0.717, 1.165) is 16.6 Å². The van der Waals surface area contributed by atoms with E-state index < -0.39 is 7.12 Å². The Hall–Kier alpha value is -0.835. The molecular formula is C8H9BO3. The maximum Gasteiger partial charge on any atom is 0.492 e. The summed E-state index contributed by atoms with van der Waals surface area (Å²) in [7, 11) is -0.858. The van der Waals surface area contributed by atoms with E-state index in [-0.39, 0.29) is 6.61 Å². The summed E-state index contributed by atoms with van der Waals surface area (Å²) < 4.78 is 5.01. The average Bonchev–Trinajstić information content (AvgIpc) is 2.48. The molecule has 1 aromatic carbocycles. The van der Waals surface area contributed by atoms with Gasteiger partial charge in [-0.1, -0.05) is 18.2 Å². The summed E-state index contributed by atoms with van der Waals surface area (Å²) in [6.45, 7) is 0.383. The van der Waals surface area contributed by atoms with Crippen molar-refractivity contribution in [2.24, 2.45) is 0 Å². The normalized spacial score (nSPS) is 15.0. The van der Waals surface area contributed by atoms with Crippen molar-refractivity contribution in [1.29, 1.82) is 0 Å². The second-order valence-corrected chi connectivity index (χ2v) is 2.81. The maximum atomic E-state index is 9.36. The molecule has 3 nitrogen and oxygen atoms in total. The van der Waals surface area contributed by atoms with Gasteiger partial charge in [-0.25, -0.2) is 0 Å². The van der Waals surface area contributed by atoms with Gasteiger partial charge in [0.05, 0.1) is 13.2 Å². The highest BCUT2D eigenvalue weighted by Gasteiger charge is 2.29. The quantitative estimate of drug-likeness (QED) is 0.544. The first-order valence-electron chi connectivity index (χ1n) is 3.84. The second kappa shape index (κ2) is 2.90. The van der Waals surface area contributed by atoms with Crippen LogP contribution in [0.15, 0.2) is 18.2 Å². The maximum absolute atomic E-state index is 9.36. The molecule has 0 fully saturated rings. The molecule has 0 radical (unpaired) electrons. The molecule has 1 aliphatic heterocycles. The molecule has 0 unspecified atom stereocenters. The van der Waals surface area contributed by atoms with Gasteiger partial charge >= 0.3 is 7.12 Å². The summed E-state index contributed by atoms with van der Waals surface area (Å²) in [6.07, 6.45) is 0. The van der Waals surface area contributed by atoms with Crippen LogP contribution < -0.4 is 5.46 Å². The van der Waals surface area contributed by atoms with E-state index >= 15 is 0 Å². The minimum absolute atomic E-state index is 0.0520. The smallest absolute Gasteiger partial charge is 0.423 e. The summed E-state index contributed by atoms with van der Waals surface area (Å²) in [5.74, 6) is 0. The van der Waals surface area contributed by atoms with Crippen LogP contribution >= 0.6 is 0 Å². The molecule has 1 heterocycles. The van der Waals surface area contributed by atoms with Crippen molar-refractivity contribution < 1.29 is 14.8 Å². The summed E-state index contributed by atoms with van der Waals surface area (Å²) in [4.78, 5) is 0. The second-order valence-electron chi connectivity index (χ2n) is 2.81. The molecule has 1 aromatic rings. The molecule has 2 N–H and O–H groups in total. The van der Waals surface area contributed by atoms with Gasteiger partial charge < -0.3 is 14.8 Å². The third kappa shape index (κ3) is 1.05. The molecule has 2 rings (SSSR count). The number of benzene rings is 1. The lowest BCUT2D eigenvalue weighted by Gasteiger charge is -2.03. The standard InChI is InChI=1S/C8H9BO3/c10-4-6-2-1-3-7-5-12-9(11)8(6)7/h1-3,10-11H,4-5H2. The third-order valence-electron chi connectivity index (χ3n) is 2.10. The Kier molecular flexibility index (Phi) is 1.88. The molecule has 0 saturated carbocycles. The van der Waals surface area contributed by atoms with Gasteiger partial charge in [-0.2, -0.15) is 0 Å². The van der Waals surface area contributed by atoms with E-state index in [1.54, 1.807) is 6.07 Å². The van der Waals surface area contributed by atoms with Gasteiger partial charge in [0.15, 0.2) is 0 Å². The first-order valence-corrected chi connectivity index (χ1v) is 3.84. The predicted octanol–water partition coefficient (Wildman–Crippen LogP) is -0.603. The average molecular weight is 164 g/mol. The first kappa shape index (κ1) is 7.80. The highest BCUT2D eigenvalue weighted by molar-refractivity contribution is 6.62. The van der Waals surface area contributed by atoms with Crippen molar-refractivity contribution in [2.75, 3.05) is 0 Å². The number of rotatable bonds is 1. The lowest BCUT2D eigenvalue weighted by atomic mass is 9.76. The van der Waals surface area contributed by atoms with Crippen molar-refractivity contribution in [3.63, 3.8) is 0 Å². The fourth-order valence-corrected chi connectivity index (χ4v) is 1.50. The van der Waals surface area contributed by atoms with E-state index in [1.807, 2.05) is 12.1 Å². The van der Waals surface area contributed by atoms with Gasteiger partial charge in [0.2, 0.25) is 0 Å². The van der Waals surface area contributed by atoms with Crippen LogP contribution in [0.4, 0.5) is 0 Å². The number of aliphatic hydroxyl groups excluding tert-OH is 1. The fourth-order valence-electron chi connectivity index (χ4n) is 1.50. The van der Waals surface area contributed by atoms with Gasteiger partial charge in [0.1, 0.15) is 0 Å². The van der Waals surface area contributed by atoms with Crippen molar-refractivity contribution in [2.45, 2.75) is 13.2 Å². The SMILES string of the molecule is OCc1cccc2c1B(O)OC2. The molecule has 1 aliphatic rings. The van der Waals surface area contributed by atoms with Crippen LogP contribution in [0.5, 0.6) is 0 Å². The van der Waals surface area contributed by atoms with Crippen LogP contribution in [-0.4, -0.2) is 17.2 Å². The van der Waals surface area contributed by atoms with E-state index in [4.69, 9.17) is 9.76 Å². The summed E-state index contributed by atoms with van der Waals surface area (Å²) in [5.41, 5.74) is 2.45. The molecular weight excluding hydrogens is 155 g/mol. The van der Waals surface area contributed by atoms with E-state index in [1.165, 1.54) is 0 Å². The Balaban J connectivity index is 2.53. The molecule has 0 aliphatic carbocycles. The monoisotopic (exact) mass is 164 g/mol. The van der Waals surface area contributed by atoms with E-state index in [0.29, 0.717) is 6.61 Å². The predicted molar refractivity (Wildman–Crippen MR) is 44.8 cm³/mol. The molecule has 12 heavy (non-hydrogen) atoms. The Morgan fingerprint density at radius 1 is 1.50 bits per heavy atom. The molecule has 0 saturated heterocycles. The summed E-state index contributed by atoms with van der Waals surface area (Å²) >= 11 is 0. The number of aliphatic hydroxyl groups is 1. The van der Waals surface area contributed by atoms with Crippen LogP contribution in [0.25, 0.3) is 0 Å². The number of hydrogen-bond acceptors (Lipinski definition) is 3. The Labute approximate surface area is 70.8 Å². The van der Waals surface area contributed by atoms with Crippen LogP contribution in [-0.2, 0) is 17.9 Å². The highest BCUT2D eigenvalue weighted by atomic mass is 16.5. The molecule has 0 amide bonds. The van der Waals surface area contributed by atoms with Crippen LogP contribution in [0.2, 0.25) is 0 Å². The van der Waals surface area contributed by atoms with Gasteiger partial charge in [-0.3, -0.25) is 0 Å². The van der Waals surface area contributed by atoms with Crippen molar-refractivity contribution in [3.05, 3.63) is 29.3 Å². The van der Waals surface area contributed by atoms with E-state index in [9.17, 15) is 5.02 Å². The number of fused-ring (bicyclic) bond motifs is 1.